The zero-order chi connectivity index (χ0) is 11.6. The van der Waals surface area contributed by atoms with Crippen molar-refractivity contribution in [1.29, 1.82) is 0 Å². The number of benzene rings is 1. The lowest BCUT2D eigenvalue weighted by Gasteiger charge is -2.07. The molecule has 0 aliphatic rings. The van der Waals surface area contributed by atoms with Gasteiger partial charge in [-0.15, -0.1) is 0 Å². The van der Waals surface area contributed by atoms with Gasteiger partial charge in [-0.3, -0.25) is 0 Å². The molecule has 0 radical (unpaired) electrons. The van der Waals surface area contributed by atoms with E-state index in [-0.39, 0.29) is 20.4 Å². The molecule has 0 amide bonds. The summed E-state index contributed by atoms with van der Waals surface area (Å²) in [5.41, 5.74) is 1.01. The van der Waals surface area contributed by atoms with Gasteiger partial charge in [-0.25, -0.2) is 0 Å². The molecule has 0 N–H and O–H groups in total. The van der Waals surface area contributed by atoms with Gasteiger partial charge in [0.25, 0.3) is 0 Å². The van der Waals surface area contributed by atoms with Crippen molar-refractivity contribution >= 4 is 6.08 Å². The van der Waals surface area contributed by atoms with Crippen LogP contribution in [0.1, 0.15) is 5.56 Å². The summed E-state index contributed by atoms with van der Waals surface area (Å²) in [5.74, 6) is 0.740. The molecule has 0 aliphatic carbocycles. The topological polar surface area (TPSA) is 36.9 Å². The van der Waals surface area contributed by atoms with Crippen molar-refractivity contribution in [3.05, 3.63) is 36.4 Å². The van der Waals surface area contributed by atoms with Crippen molar-refractivity contribution in [3.8, 4) is 5.75 Å². The fraction of sp³-hybridized carbons (Fsp3) is 0.333. The van der Waals surface area contributed by atoms with Crippen LogP contribution in [0.5, 0.6) is 5.75 Å². The Labute approximate surface area is 95.4 Å². The molecule has 4 nitrogen and oxygen atoms in total. The maximum absolute atomic E-state index is 5.34. The molecule has 1 aromatic rings. The van der Waals surface area contributed by atoms with Gasteiger partial charge in [-0.1, -0.05) is 24.8 Å². The van der Waals surface area contributed by atoms with E-state index in [1.54, 1.807) is 13.2 Å². The van der Waals surface area contributed by atoms with E-state index in [9.17, 15) is 0 Å². The van der Waals surface area contributed by atoms with Gasteiger partial charge in [0.05, 0.1) is 0 Å². The van der Waals surface area contributed by atoms with E-state index in [1.807, 2.05) is 24.3 Å². The molecule has 0 heterocycles. The summed E-state index contributed by atoms with van der Waals surface area (Å²) in [4.78, 5) is 0. The summed E-state index contributed by atoms with van der Waals surface area (Å²) < 4.78 is 20.0. The predicted octanol–water partition coefficient (Wildman–Crippen LogP) is 2.26. The number of rotatable bonds is 8. The van der Waals surface area contributed by atoms with Crippen LogP contribution in [0.2, 0.25) is 0 Å². The second-order valence-electron chi connectivity index (χ2n) is 2.97. The number of hydrogen-bond donors (Lipinski definition) is 0. The van der Waals surface area contributed by atoms with Crippen LogP contribution >= 0.6 is 0 Å². The van der Waals surface area contributed by atoms with Gasteiger partial charge >= 0.3 is 0 Å². The van der Waals surface area contributed by atoms with Crippen molar-refractivity contribution in [2.75, 3.05) is 27.5 Å². The van der Waals surface area contributed by atoms with Crippen LogP contribution in [0, 0.1) is 0 Å². The highest BCUT2D eigenvalue weighted by Gasteiger charge is 1.94. The first-order chi connectivity index (χ1) is 7.86. The number of hydrogen-bond acceptors (Lipinski definition) is 4. The zero-order valence-corrected chi connectivity index (χ0v) is 9.35. The SMILES string of the molecule is C=Cc1cccc(OCOCOCOC)c1. The van der Waals surface area contributed by atoms with Crippen LogP contribution in [-0.2, 0) is 14.2 Å². The minimum absolute atomic E-state index is 0.143. The molecule has 0 fully saturated rings. The van der Waals surface area contributed by atoms with Gasteiger partial charge in [0, 0.05) is 7.11 Å². The maximum atomic E-state index is 5.34. The van der Waals surface area contributed by atoms with Crippen molar-refractivity contribution in [1.82, 2.24) is 0 Å². The average molecular weight is 224 g/mol. The summed E-state index contributed by atoms with van der Waals surface area (Å²) in [6, 6.07) is 7.58. The van der Waals surface area contributed by atoms with Crippen molar-refractivity contribution in [3.63, 3.8) is 0 Å². The Hall–Kier alpha value is -1.36. The van der Waals surface area contributed by atoms with E-state index in [4.69, 9.17) is 14.2 Å². The molecule has 0 aromatic heterocycles. The second-order valence-corrected chi connectivity index (χ2v) is 2.97. The van der Waals surface area contributed by atoms with Gasteiger partial charge in [0.1, 0.15) is 12.5 Å². The molecule has 16 heavy (non-hydrogen) atoms. The standard InChI is InChI=1S/C12H16O4/c1-3-11-5-4-6-12(7-11)16-10-15-9-14-8-13-2/h3-7H,1,8-10H2,2H3. The minimum Gasteiger partial charge on any atom is -0.467 e. The van der Waals surface area contributed by atoms with E-state index in [2.05, 4.69) is 11.3 Å². The van der Waals surface area contributed by atoms with Crippen molar-refractivity contribution in [2.24, 2.45) is 0 Å². The van der Waals surface area contributed by atoms with Gasteiger partial charge < -0.3 is 18.9 Å². The molecule has 4 heteroatoms. The van der Waals surface area contributed by atoms with Gasteiger partial charge in [0.2, 0.25) is 0 Å². The third kappa shape index (κ3) is 4.93. The molecule has 0 spiro atoms. The molecule has 0 aliphatic heterocycles. The van der Waals surface area contributed by atoms with Crippen LogP contribution in [0.4, 0.5) is 0 Å². The molecule has 0 unspecified atom stereocenters. The second kappa shape index (κ2) is 7.87. The van der Waals surface area contributed by atoms with Crippen LogP contribution in [0.25, 0.3) is 6.08 Å². The van der Waals surface area contributed by atoms with Crippen LogP contribution in [0.15, 0.2) is 30.8 Å². The fourth-order valence-electron chi connectivity index (χ4n) is 1.05. The van der Waals surface area contributed by atoms with E-state index < -0.39 is 0 Å². The average Bonchev–Trinajstić information content (AvgIpc) is 2.34. The van der Waals surface area contributed by atoms with E-state index in [1.165, 1.54) is 0 Å². The zero-order valence-electron chi connectivity index (χ0n) is 9.35. The summed E-state index contributed by atoms with van der Waals surface area (Å²) >= 11 is 0. The molecule has 0 bridgehead atoms. The first kappa shape index (κ1) is 12.7. The van der Waals surface area contributed by atoms with Crippen LogP contribution < -0.4 is 4.74 Å². The van der Waals surface area contributed by atoms with E-state index >= 15 is 0 Å². The highest BCUT2D eigenvalue weighted by molar-refractivity contribution is 5.49. The summed E-state index contributed by atoms with van der Waals surface area (Å²) in [5, 5.41) is 0. The quantitative estimate of drug-likeness (QED) is 0.501. The normalized spacial score (nSPS) is 10.1. The molecular weight excluding hydrogens is 208 g/mol. The first-order valence-corrected chi connectivity index (χ1v) is 4.86. The molecule has 0 atom stereocenters. The third-order valence-corrected chi connectivity index (χ3v) is 1.77. The monoisotopic (exact) mass is 224 g/mol. The van der Waals surface area contributed by atoms with Gasteiger partial charge in [-0.2, -0.15) is 0 Å². The largest absolute Gasteiger partial charge is 0.467 e. The van der Waals surface area contributed by atoms with Gasteiger partial charge in [0.15, 0.2) is 13.6 Å². The van der Waals surface area contributed by atoms with E-state index in [0.717, 1.165) is 11.3 Å². The number of methoxy groups -OCH3 is 1. The lowest BCUT2D eigenvalue weighted by atomic mass is 10.2. The summed E-state index contributed by atoms with van der Waals surface area (Å²) in [6.07, 6.45) is 1.76. The lowest BCUT2D eigenvalue weighted by molar-refractivity contribution is -0.145. The molecule has 88 valence electrons. The summed E-state index contributed by atoms with van der Waals surface area (Å²) in [7, 11) is 1.55. The molecule has 0 saturated carbocycles. The highest BCUT2D eigenvalue weighted by Crippen LogP contribution is 2.13. The highest BCUT2D eigenvalue weighted by atomic mass is 16.8. The third-order valence-electron chi connectivity index (χ3n) is 1.77. The molecule has 1 rings (SSSR count). The molecule has 0 saturated heterocycles. The van der Waals surface area contributed by atoms with Gasteiger partial charge in [-0.05, 0) is 17.7 Å². The van der Waals surface area contributed by atoms with Crippen LogP contribution in [0.3, 0.4) is 0 Å². The Kier molecular flexibility index (Phi) is 6.25. The first-order valence-electron chi connectivity index (χ1n) is 4.86. The maximum Gasteiger partial charge on any atom is 0.191 e. The predicted molar refractivity (Wildman–Crippen MR) is 60.9 cm³/mol. The smallest absolute Gasteiger partial charge is 0.191 e. The fourth-order valence-corrected chi connectivity index (χ4v) is 1.05. The molecular formula is C12H16O4. The summed E-state index contributed by atoms with van der Waals surface area (Å²) in [6.45, 7) is 4.19. The Morgan fingerprint density at radius 1 is 1.19 bits per heavy atom. The minimum atomic E-state index is 0.143. The van der Waals surface area contributed by atoms with Crippen LogP contribution in [-0.4, -0.2) is 27.5 Å². The Morgan fingerprint density at radius 3 is 2.75 bits per heavy atom. The number of ether oxygens (including phenoxy) is 4. The lowest BCUT2D eigenvalue weighted by Crippen LogP contribution is -2.07. The Balaban J connectivity index is 2.18. The van der Waals surface area contributed by atoms with Crippen molar-refractivity contribution < 1.29 is 18.9 Å². The van der Waals surface area contributed by atoms with E-state index in [0.29, 0.717) is 0 Å². The Morgan fingerprint density at radius 2 is 2.00 bits per heavy atom. The molecule has 1 aromatic carbocycles. The van der Waals surface area contributed by atoms with Crippen molar-refractivity contribution in [2.45, 2.75) is 0 Å². The Bertz CT molecular complexity index is 312.